The zero-order valence-corrected chi connectivity index (χ0v) is 42.8. The summed E-state index contributed by atoms with van der Waals surface area (Å²) in [7, 11) is 0. The molecule has 4 aromatic heterocycles. The summed E-state index contributed by atoms with van der Waals surface area (Å²) in [5.74, 6) is 0.0701. The van der Waals surface area contributed by atoms with Crippen LogP contribution in [-0.4, -0.2) is 102 Å². The molecule has 1 saturated heterocycles. The molecule has 0 unspecified atom stereocenters. The largest absolute Gasteiger partial charge is 0.492 e. The Bertz CT molecular complexity index is 2920. The van der Waals surface area contributed by atoms with Crippen LogP contribution in [0.2, 0.25) is 5.02 Å². The zero-order valence-electron chi connectivity index (χ0n) is 40.4. The van der Waals surface area contributed by atoms with E-state index in [0.717, 1.165) is 54.0 Å². The first-order valence-electron chi connectivity index (χ1n) is 23.2. The lowest BCUT2D eigenvalue weighted by molar-refractivity contribution is -0.142. The first-order chi connectivity index (χ1) is 33.4. The van der Waals surface area contributed by atoms with E-state index in [0.29, 0.717) is 35.4 Å². The first kappa shape index (κ1) is 50.1. The lowest BCUT2D eigenvalue weighted by Gasteiger charge is -2.35. The molecule has 0 aliphatic carbocycles. The molecule has 1 fully saturated rings. The van der Waals surface area contributed by atoms with Crippen LogP contribution in [-0.2, 0) is 14.4 Å². The molecule has 0 spiro atoms. The summed E-state index contributed by atoms with van der Waals surface area (Å²) in [6.07, 6.45) is 1.13. The van der Waals surface area contributed by atoms with Gasteiger partial charge in [0.25, 0.3) is 5.91 Å². The van der Waals surface area contributed by atoms with E-state index in [1.165, 1.54) is 17.2 Å². The molecule has 6 heterocycles. The lowest BCUT2D eigenvalue weighted by atomic mass is 9.85. The van der Waals surface area contributed by atoms with E-state index in [2.05, 4.69) is 50.0 Å². The minimum absolute atomic E-state index is 0.0502. The maximum absolute atomic E-state index is 14.2. The highest BCUT2D eigenvalue weighted by Crippen LogP contribution is 2.40. The van der Waals surface area contributed by atoms with Gasteiger partial charge in [-0.05, 0) is 87.4 Å². The summed E-state index contributed by atoms with van der Waals surface area (Å²) < 4.78 is 7.91. The van der Waals surface area contributed by atoms with E-state index in [9.17, 15) is 24.3 Å². The molecule has 4 N–H and O–H groups in total. The molecule has 0 radical (unpaired) electrons. The molecule has 2 aliphatic rings. The number of aliphatic imine (C=N–C) groups is 1. The van der Waals surface area contributed by atoms with E-state index in [1.54, 1.807) is 28.7 Å². The predicted octanol–water partition coefficient (Wildman–Crippen LogP) is 7.59. The van der Waals surface area contributed by atoms with Crippen molar-refractivity contribution in [1.82, 2.24) is 45.6 Å². The smallest absolute Gasteiger partial charge is 0.270 e. The molecular weight excluding hydrogens is 948 g/mol. The number of fused-ring (bicyclic) bond motifs is 3. The van der Waals surface area contributed by atoms with Crippen molar-refractivity contribution in [3.63, 3.8) is 0 Å². The molecule has 19 heteroatoms. The number of ether oxygens (including phenoxy) is 1. The Kier molecular flexibility index (Phi) is 15.0. The van der Waals surface area contributed by atoms with Gasteiger partial charge < -0.3 is 30.7 Å². The fourth-order valence-corrected chi connectivity index (χ4v) is 10.8. The van der Waals surface area contributed by atoms with Crippen LogP contribution in [0.3, 0.4) is 0 Å². The maximum atomic E-state index is 14.2. The van der Waals surface area contributed by atoms with Crippen molar-refractivity contribution < 1.29 is 29.0 Å². The van der Waals surface area contributed by atoms with Gasteiger partial charge in [0.1, 0.15) is 40.4 Å². The third-order valence-corrected chi connectivity index (χ3v) is 15.1. The number of thiazole rings is 1. The van der Waals surface area contributed by atoms with Crippen LogP contribution in [0.5, 0.6) is 5.75 Å². The summed E-state index contributed by atoms with van der Waals surface area (Å²) in [5, 5.41) is 30.0. The standard InChI is InChI=1S/C51H57ClN10O6S2/c1-27-30(4)70-50-42(27)43(33-14-16-35(52)17-15-33)57-39(46-60-59-31(5)62(46)50)23-41(64)53-20-9-21-68-37-18-19-38(54-24-37)47(65)58-45(51(6,7)8)49(67)61-25-36(63)22-40(61)48(66)56-28(2)32-10-12-34(13-11-32)44-29(3)55-26-69-44/h10-19,24,26,28,36,39-40,45,63H,9,20-23,25H2,1-8H3,(H,53,64)(H,56,66)(H,58,65)/t28-,36+,39-,40-,45+/m0/s1. The number of hydrogen-bond acceptors (Lipinski definition) is 13. The number of carbonyl (C=O) groups excluding carboxylic acids is 4. The molecule has 70 heavy (non-hydrogen) atoms. The average molecular weight is 1010 g/mol. The van der Waals surface area contributed by atoms with Crippen molar-refractivity contribution >= 4 is 63.6 Å². The molecule has 0 bridgehead atoms. The van der Waals surface area contributed by atoms with Crippen LogP contribution >= 0.6 is 34.3 Å². The number of nitrogens with zero attached hydrogens (tertiary/aromatic N) is 7. The average Bonchev–Trinajstić information content (AvgIpc) is 4.10. The molecule has 16 nitrogen and oxygen atoms in total. The SMILES string of the molecule is Cc1ncsc1-c1ccc([C@H](C)NC(=O)[C@@H]2C[C@@H](O)CN2C(=O)[C@@H](NC(=O)c2ccc(OCCCNC(=O)C[C@@H]3N=C(c4ccc(Cl)cc4)c4c(sc(C)c4C)-n4c(C)nnc43)cn2)C(C)(C)C)cc1. The summed E-state index contributed by atoms with van der Waals surface area (Å²) in [6.45, 7) is 15.9. The molecule has 0 saturated carbocycles. The van der Waals surface area contributed by atoms with Crippen LogP contribution < -0.4 is 20.7 Å². The van der Waals surface area contributed by atoms with Crippen molar-refractivity contribution in [2.24, 2.45) is 10.4 Å². The second kappa shape index (κ2) is 20.9. The normalized spacial score (nSPS) is 17.4. The number of aliphatic hydroxyl groups is 1. The van der Waals surface area contributed by atoms with Gasteiger partial charge in [-0.25, -0.2) is 9.97 Å². The van der Waals surface area contributed by atoms with Gasteiger partial charge in [0.05, 0.1) is 53.2 Å². The summed E-state index contributed by atoms with van der Waals surface area (Å²) >= 11 is 9.46. The van der Waals surface area contributed by atoms with Gasteiger partial charge in [0, 0.05) is 40.5 Å². The minimum Gasteiger partial charge on any atom is -0.492 e. The van der Waals surface area contributed by atoms with E-state index < -0.39 is 47.4 Å². The molecular formula is C51H57ClN10O6S2. The number of rotatable bonds is 15. The predicted molar refractivity (Wildman–Crippen MR) is 271 cm³/mol. The number of nitrogens with one attached hydrogen (secondary N) is 3. The molecule has 4 amide bonds. The van der Waals surface area contributed by atoms with E-state index in [1.807, 2.05) is 100 Å². The maximum Gasteiger partial charge on any atom is 0.270 e. The molecule has 2 aliphatic heterocycles. The molecule has 5 atom stereocenters. The fraction of sp³-hybridized carbons (Fsp3) is 0.392. The number of aliphatic hydroxyl groups excluding tert-OH is 1. The van der Waals surface area contributed by atoms with Gasteiger partial charge in [-0.15, -0.1) is 32.9 Å². The highest BCUT2D eigenvalue weighted by atomic mass is 35.5. The number of carbonyl (C=O) groups is 4. The number of aromatic nitrogens is 5. The number of pyridine rings is 1. The fourth-order valence-electron chi connectivity index (χ4n) is 8.69. The Hall–Kier alpha value is -6.34. The van der Waals surface area contributed by atoms with Gasteiger partial charge in [-0.2, -0.15) is 0 Å². The van der Waals surface area contributed by atoms with Crippen LogP contribution in [0.1, 0.15) is 114 Å². The van der Waals surface area contributed by atoms with Gasteiger partial charge in [0.2, 0.25) is 17.7 Å². The van der Waals surface area contributed by atoms with Crippen molar-refractivity contribution in [2.75, 3.05) is 19.7 Å². The number of aryl methyl sites for hydroxylation is 3. The number of amides is 4. The van der Waals surface area contributed by atoms with E-state index in [4.69, 9.17) is 21.3 Å². The summed E-state index contributed by atoms with van der Waals surface area (Å²) in [5.41, 5.74) is 7.75. The number of likely N-dealkylation sites (tertiary alicyclic amines) is 1. The van der Waals surface area contributed by atoms with E-state index in [-0.39, 0.29) is 43.6 Å². The molecule has 6 aromatic rings. The Morgan fingerprint density at radius 3 is 2.34 bits per heavy atom. The number of halogens is 1. The molecule has 2 aromatic carbocycles. The first-order valence-corrected chi connectivity index (χ1v) is 25.3. The quantitative estimate of drug-likeness (QED) is 0.0742. The van der Waals surface area contributed by atoms with Crippen molar-refractivity contribution in [3.05, 3.63) is 128 Å². The summed E-state index contributed by atoms with van der Waals surface area (Å²) in [4.78, 5) is 72.5. The van der Waals surface area contributed by atoms with Crippen molar-refractivity contribution in [2.45, 2.75) is 105 Å². The molecule has 366 valence electrons. The third kappa shape index (κ3) is 10.8. The van der Waals surface area contributed by atoms with Crippen LogP contribution in [0.15, 0.2) is 77.4 Å². The number of thiophene rings is 1. The minimum atomic E-state index is -1.04. The second-order valence-corrected chi connectivity index (χ2v) is 21.3. The second-order valence-electron chi connectivity index (χ2n) is 18.8. The van der Waals surface area contributed by atoms with Gasteiger partial charge in [0.15, 0.2) is 5.82 Å². The van der Waals surface area contributed by atoms with Crippen molar-refractivity contribution in [3.8, 4) is 21.2 Å². The lowest BCUT2D eigenvalue weighted by Crippen LogP contribution is -2.58. The highest BCUT2D eigenvalue weighted by Gasteiger charge is 2.45. The summed E-state index contributed by atoms with van der Waals surface area (Å²) in [6, 6.07) is 15.6. The topological polar surface area (TPSA) is 206 Å². The Morgan fingerprint density at radius 1 is 0.943 bits per heavy atom. The van der Waals surface area contributed by atoms with Gasteiger partial charge in [-0.1, -0.05) is 68.8 Å². The number of benzene rings is 2. The number of hydrogen-bond donors (Lipinski definition) is 4. The van der Waals surface area contributed by atoms with E-state index >= 15 is 0 Å². The monoisotopic (exact) mass is 1000 g/mol. The van der Waals surface area contributed by atoms with Gasteiger partial charge >= 0.3 is 0 Å². The zero-order chi connectivity index (χ0) is 50.0. The highest BCUT2D eigenvalue weighted by molar-refractivity contribution is 7.15. The molecule has 8 rings (SSSR count). The Morgan fingerprint density at radius 2 is 1.67 bits per heavy atom. The Labute approximate surface area is 420 Å². The van der Waals surface area contributed by atoms with Gasteiger partial charge in [-0.3, -0.25) is 28.7 Å². The van der Waals surface area contributed by atoms with Crippen LogP contribution in [0, 0.1) is 33.1 Å². The Balaban J connectivity index is 0.836. The van der Waals surface area contributed by atoms with Crippen molar-refractivity contribution in [1.29, 1.82) is 0 Å². The van der Waals surface area contributed by atoms with Crippen LogP contribution in [0.25, 0.3) is 15.4 Å². The number of β-amino-alcohol motifs (C(OH)–C–C–N with tert-alkyl or cyclic N) is 1. The van der Waals surface area contributed by atoms with Crippen LogP contribution in [0.4, 0.5) is 0 Å². The third-order valence-electron chi connectivity index (χ3n) is 12.6.